The highest BCUT2D eigenvalue weighted by Crippen LogP contribution is 2.54. The summed E-state index contributed by atoms with van der Waals surface area (Å²) < 4.78 is 5.18. The molecule has 2 aromatic carbocycles. The van der Waals surface area contributed by atoms with E-state index in [1.165, 1.54) is 24.1 Å². The molecule has 1 atom stereocenters. The molecule has 202 valence electrons. The molecule has 9 heteroatoms. The molecular formula is C30H30N2O7. The zero-order valence-corrected chi connectivity index (χ0v) is 22.1. The third-order valence-electron chi connectivity index (χ3n) is 7.64. The number of Topliss-reactive ketones (excluding diaryl/α,β-unsaturated/α-hetero) is 2. The van der Waals surface area contributed by atoms with Crippen LogP contribution >= 0.6 is 0 Å². The zero-order chi connectivity index (χ0) is 28.1. The predicted molar refractivity (Wildman–Crippen MR) is 141 cm³/mol. The Hall–Kier alpha value is -4.24. The maximum atomic E-state index is 14.6. The quantitative estimate of drug-likeness (QED) is 0.334. The Kier molecular flexibility index (Phi) is 6.42. The average molecular weight is 531 g/mol. The Labute approximate surface area is 226 Å². The minimum atomic E-state index is -2.18. The van der Waals surface area contributed by atoms with Gasteiger partial charge in [0.1, 0.15) is 11.5 Å². The predicted octanol–water partition coefficient (Wildman–Crippen LogP) is 2.79. The van der Waals surface area contributed by atoms with Crippen LogP contribution in [0.1, 0.15) is 37.8 Å². The van der Waals surface area contributed by atoms with Crippen LogP contribution < -0.4 is 4.74 Å². The fourth-order valence-corrected chi connectivity index (χ4v) is 5.99. The second kappa shape index (κ2) is 9.50. The minimum Gasteiger partial charge on any atom is -0.507 e. The van der Waals surface area contributed by atoms with Crippen molar-refractivity contribution in [3.63, 3.8) is 0 Å². The van der Waals surface area contributed by atoms with Crippen molar-refractivity contribution in [2.45, 2.75) is 38.8 Å². The number of amides is 2. The van der Waals surface area contributed by atoms with Crippen LogP contribution in [-0.2, 0) is 25.7 Å². The molecule has 39 heavy (non-hydrogen) atoms. The highest BCUT2D eigenvalue weighted by atomic mass is 16.5. The smallest absolute Gasteiger partial charge is 0.296 e. The number of nitrogens with zero attached hydrogens (tertiary/aromatic N) is 2. The Morgan fingerprint density at radius 2 is 1.64 bits per heavy atom. The molecule has 1 unspecified atom stereocenters. The second-order valence-electron chi connectivity index (χ2n) is 10.8. The molecular weight excluding hydrogens is 500 g/mol. The SMILES string of the molecule is COc1ccc(/C(O)=C2\C(=O)C(=O)N(CCO)C23C(=O)N(Cc2ccccc2)C2=C3C(=O)CC(C)(C)C2)cc1. The first-order valence-corrected chi connectivity index (χ1v) is 12.7. The van der Waals surface area contributed by atoms with Crippen molar-refractivity contribution in [2.24, 2.45) is 5.41 Å². The number of carbonyl (C=O) groups is 4. The molecule has 2 N–H and O–H groups in total. The monoisotopic (exact) mass is 530 g/mol. The number of aliphatic hydroxyl groups excluding tert-OH is 2. The third kappa shape index (κ3) is 3.96. The van der Waals surface area contributed by atoms with Crippen LogP contribution in [0, 0.1) is 5.41 Å². The highest BCUT2D eigenvalue weighted by molar-refractivity contribution is 6.50. The summed E-state index contributed by atoms with van der Waals surface area (Å²) in [6.45, 7) is 3.03. The lowest BCUT2D eigenvalue weighted by Gasteiger charge is -2.37. The lowest BCUT2D eigenvalue weighted by atomic mass is 9.70. The number of ketones is 2. The van der Waals surface area contributed by atoms with E-state index in [1.807, 2.05) is 44.2 Å². The Morgan fingerprint density at radius 1 is 0.974 bits per heavy atom. The molecule has 0 bridgehead atoms. The molecule has 1 aliphatic carbocycles. The Balaban J connectivity index is 1.81. The number of rotatable bonds is 6. The van der Waals surface area contributed by atoms with Crippen LogP contribution in [-0.4, -0.2) is 69.2 Å². The summed E-state index contributed by atoms with van der Waals surface area (Å²) >= 11 is 0. The van der Waals surface area contributed by atoms with E-state index in [4.69, 9.17) is 4.74 Å². The number of hydrogen-bond acceptors (Lipinski definition) is 7. The van der Waals surface area contributed by atoms with Gasteiger partial charge in [0.2, 0.25) is 0 Å². The molecule has 2 heterocycles. The number of ether oxygens (including phenoxy) is 1. The van der Waals surface area contributed by atoms with Crippen LogP contribution in [0.3, 0.4) is 0 Å². The molecule has 5 rings (SSSR count). The average Bonchev–Trinajstić information content (AvgIpc) is 3.27. The van der Waals surface area contributed by atoms with Gasteiger partial charge in [0, 0.05) is 24.2 Å². The first-order valence-electron chi connectivity index (χ1n) is 12.7. The van der Waals surface area contributed by atoms with E-state index in [0.29, 0.717) is 17.9 Å². The van der Waals surface area contributed by atoms with Gasteiger partial charge in [-0.2, -0.15) is 0 Å². The van der Waals surface area contributed by atoms with Gasteiger partial charge in [0.15, 0.2) is 11.3 Å². The Bertz CT molecular complexity index is 1440. The van der Waals surface area contributed by atoms with Crippen LogP contribution in [0.25, 0.3) is 5.76 Å². The molecule has 0 aromatic heterocycles. The molecule has 0 radical (unpaired) electrons. The first-order chi connectivity index (χ1) is 18.6. The Morgan fingerprint density at radius 3 is 2.26 bits per heavy atom. The number of fused-ring (bicyclic) bond motifs is 1. The molecule has 1 fully saturated rings. The molecule has 2 aromatic rings. The molecule has 3 aliphatic rings. The zero-order valence-electron chi connectivity index (χ0n) is 22.1. The molecule has 0 saturated carbocycles. The summed E-state index contributed by atoms with van der Waals surface area (Å²) in [7, 11) is 1.48. The van der Waals surface area contributed by atoms with Gasteiger partial charge >= 0.3 is 0 Å². The van der Waals surface area contributed by atoms with E-state index in [9.17, 15) is 29.4 Å². The van der Waals surface area contributed by atoms with E-state index >= 15 is 0 Å². The van der Waals surface area contributed by atoms with Gasteiger partial charge in [-0.3, -0.25) is 19.2 Å². The van der Waals surface area contributed by atoms with Crippen molar-refractivity contribution in [1.29, 1.82) is 0 Å². The van der Waals surface area contributed by atoms with Gasteiger partial charge in [-0.05, 0) is 41.7 Å². The normalized spacial score (nSPS) is 23.7. The maximum absolute atomic E-state index is 14.6. The van der Waals surface area contributed by atoms with Crippen molar-refractivity contribution in [1.82, 2.24) is 9.80 Å². The first kappa shape index (κ1) is 26.4. The number of methoxy groups -OCH3 is 1. The van der Waals surface area contributed by atoms with E-state index < -0.39 is 46.5 Å². The van der Waals surface area contributed by atoms with Crippen molar-refractivity contribution >= 4 is 29.1 Å². The second-order valence-corrected chi connectivity index (χ2v) is 10.8. The number of likely N-dealkylation sites (tertiary alicyclic amines) is 1. The summed E-state index contributed by atoms with van der Waals surface area (Å²) in [4.78, 5) is 57.9. The summed E-state index contributed by atoms with van der Waals surface area (Å²) in [6.07, 6.45) is 0.437. The standard InChI is InChI=1S/C30H30N2O7/c1-29(2)15-21-23(22(34)16-29)30(28(38)31(21)17-18-7-5-4-6-8-18)24(26(36)27(37)32(30)13-14-33)25(35)19-9-11-20(39-3)12-10-19/h4-12,33,35H,13-17H2,1-3H3/b25-24-. The van der Waals surface area contributed by atoms with E-state index in [2.05, 4.69) is 0 Å². The van der Waals surface area contributed by atoms with E-state index in [1.54, 1.807) is 12.1 Å². The van der Waals surface area contributed by atoms with Crippen LogP contribution in [0.4, 0.5) is 0 Å². The lowest BCUT2D eigenvalue weighted by Crippen LogP contribution is -2.57. The van der Waals surface area contributed by atoms with Gasteiger partial charge in [-0.15, -0.1) is 0 Å². The third-order valence-corrected chi connectivity index (χ3v) is 7.64. The van der Waals surface area contributed by atoms with Crippen LogP contribution in [0.5, 0.6) is 5.75 Å². The highest BCUT2D eigenvalue weighted by Gasteiger charge is 2.70. The summed E-state index contributed by atoms with van der Waals surface area (Å²) in [5.41, 5.74) is -1.71. The van der Waals surface area contributed by atoms with Gasteiger partial charge in [-0.25, -0.2) is 0 Å². The van der Waals surface area contributed by atoms with Crippen molar-refractivity contribution < 1.29 is 34.1 Å². The fraction of sp³-hybridized carbons (Fsp3) is 0.333. The summed E-state index contributed by atoms with van der Waals surface area (Å²) in [6, 6.07) is 15.3. The van der Waals surface area contributed by atoms with Gasteiger partial charge in [0.05, 0.1) is 31.4 Å². The number of hydrogen-bond donors (Lipinski definition) is 2. The molecule has 9 nitrogen and oxygen atoms in total. The molecule has 1 saturated heterocycles. The molecule has 2 aliphatic heterocycles. The lowest BCUT2D eigenvalue weighted by molar-refractivity contribution is -0.145. The van der Waals surface area contributed by atoms with Gasteiger partial charge in [-0.1, -0.05) is 44.2 Å². The van der Waals surface area contributed by atoms with Crippen LogP contribution in [0.15, 0.2) is 71.4 Å². The summed E-state index contributed by atoms with van der Waals surface area (Å²) in [5, 5.41) is 21.4. The molecule has 2 amide bonds. The topological polar surface area (TPSA) is 124 Å². The van der Waals surface area contributed by atoms with E-state index in [0.717, 1.165) is 10.5 Å². The maximum Gasteiger partial charge on any atom is 0.296 e. The number of β-amino-alcohol motifs (C(OH)–C–C–N with tert-alkyl or cyclic N) is 1. The van der Waals surface area contributed by atoms with Crippen LogP contribution in [0.2, 0.25) is 0 Å². The van der Waals surface area contributed by atoms with Crippen molar-refractivity contribution in [3.05, 3.63) is 82.6 Å². The number of carbonyl (C=O) groups excluding carboxylic acids is 4. The van der Waals surface area contributed by atoms with Gasteiger partial charge in [0.25, 0.3) is 17.6 Å². The number of benzene rings is 2. The number of aliphatic hydroxyl groups is 2. The number of allylic oxidation sites excluding steroid dienone is 1. The fourth-order valence-electron chi connectivity index (χ4n) is 5.99. The summed E-state index contributed by atoms with van der Waals surface area (Å²) in [5.74, 6) is -3.27. The molecule has 1 spiro atoms. The van der Waals surface area contributed by atoms with Crippen molar-refractivity contribution in [3.8, 4) is 5.75 Å². The van der Waals surface area contributed by atoms with E-state index in [-0.39, 0.29) is 36.4 Å². The largest absolute Gasteiger partial charge is 0.507 e. The van der Waals surface area contributed by atoms with Gasteiger partial charge < -0.3 is 24.7 Å². The minimum absolute atomic E-state index is 0.0190. The van der Waals surface area contributed by atoms with Crippen molar-refractivity contribution in [2.75, 3.05) is 20.3 Å².